The van der Waals surface area contributed by atoms with Gasteiger partial charge < -0.3 is 25.1 Å². The Balaban J connectivity index is 1.36. The van der Waals surface area contributed by atoms with E-state index >= 15 is 0 Å². The first-order chi connectivity index (χ1) is 16.2. The molecule has 11 heteroatoms. The van der Waals surface area contributed by atoms with E-state index in [9.17, 15) is 14.4 Å². The van der Waals surface area contributed by atoms with Crippen molar-refractivity contribution in [1.29, 1.82) is 0 Å². The number of rotatable bonds is 5. The van der Waals surface area contributed by atoms with Crippen molar-refractivity contribution in [1.82, 2.24) is 25.8 Å². The standard InChI is InChI=1S/C23H26N6O5/c1-23(2,3)34-22(32)25-12-18-27-19(29-28-18)13-6-8-14(9-7-13)26-21(31)17-11-15-16(33-17)5-4-10-24-20(15)30/h6-9,11H,4-5,10,12H2,1-3H3,(H,24,30)(H,25,32)(H,26,31)(H,27,28,29). The van der Waals surface area contributed by atoms with E-state index in [1.807, 2.05) is 0 Å². The first-order valence-corrected chi connectivity index (χ1v) is 10.9. The van der Waals surface area contributed by atoms with Crippen molar-refractivity contribution in [2.45, 2.75) is 45.8 Å². The van der Waals surface area contributed by atoms with Crippen LogP contribution >= 0.6 is 0 Å². The fourth-order valence-corrected chi connectivity index (χ4v) is 3.33. The van der Waals surface area contributed by atoms with Gasteiger partial charge in [0.25, 0.3) is 11.8 Å². The predicted molar refractivity (Wildman–Crippen MR) is 122 cm³/mol. The van der Waals surface area contributed by atoms with Gasteiger partial charge in [-0.25, -0.2) is 9.78 Å². The van der Waals surface area contributed by atoms with Crippen molar-refractivity contribution >= 4 is 23.6 Å². The first kappa shape index (κ1) is 23.0. The molecule has 0 unspecified atom stereocenters. The minimum atomic E-state index is -0.585. The lowest BCUT2D eigenvalue weighted by molar-refractivity contribution is 0.0522. The molecule has 178 valence electrons. The number of carbonyl (C=O) groups excluding carboxylic acids is 3. The van der Waals surface area contributed by atoms with E-state index in [1.165, 1.54) is 6.07 Å². The smallest absolute Gasteiger partial charge is 0.408 e. The number of nitrogens with zero attached hydrogens (tertiary/aromatic N) is 2. The Hall–Kier alpha value is -4.15. The van der Waals surface area contributed by atoms with Crippen molar-refractivity contribution in [3.05, 3.63) is 53.2 Å². The molecule has 1 aliphatic heterocycles. The summed E-state index contributed by atoms with van der Waals surface area (Å²) in [6.45, 7) is 6.08. The molecule has 0 aliphatic carbocycles. The zero-order chi connectivity index (χ0) is 24.3. The zero-order valence-electron chi connectivity index (χ0n) is 19.2. The Morgan fingerprint density at radius 1 is 1.21 bits per heavy atom. The molecular formula is C23H26N6O5. The maximum Gasteiger partial charge on any atom is 0.408 e. The zero-order valence-corrected chi connectivity index (χ0v) is 19.2. The number of anilines is 1. The van der Waals surface area contributed by atoms with Crippen LogP contribution in [0.2, 0.25) is 0 Å². The fourth-order valence-electron chi connectivity index (χ4n) is 3.33. The number of benzene rings is 1. The van der Waals surface area contributed by atoms with Crippen LogP contribution in [0.5, 0.6) is 0 Å². The van der Waals surface area contributed by atoms with E-state index in [2.05, 4.69) is 31.1 Å². The van der Waals surface area contributed by atoms with Crippen LogP contribution in [0, 0.1) is 0 Å². The van der Waals surface area contributed by atoms with Crippen molar-refractivity contribution < 1.29 is 23.5 Å². The number of nitrogens with one attached hydrogen (secondary N) is 4. The molecule has 4 N–H and O–H groups in total. The lowest BCUT2D eigenvalue weighted by atomic mass is 10.2. The Bertz CT molecular complexity index is 1210. The van der Waals surface area contributed by atoms with E-state index in [-0.39, 0.29) is 18.2 Å². The molecule has 0 atom stereocenters. The van der Waals surface area contributed by atoms with Crippen molar-refractivity contribution in [3.8, 4) is 11.4 Å². The molecule has 0 saturated heterocycles. The number of alkyl carbamates (subject to hydrolysis) is 1. The number of hydrogen-bond donors (Lipinski definition) is 4. The summed E-state index contributed by atoms with van der Waals surface area (Å²) in [5.74, 6) is 0.854. The lowest BCUT2D eigenvalue weighted by Gasteiger charge is -2.19. The van der Waals surface area contributed by atoms with E-state index in [1.54, 1.807) is 45.0 Å². The molecule has 0 saturated carbocycles. The summed E-state index contributed by atoms with van der Waals surface area (Å²) in [6.07, 6.45) is 0.815. The minimum absolute atomic E-state index is 0.0854. The highest BCUT2D eigenvalue weighted by atomic mass is 16.6. The molecule has 3 aromatic rings. The maximum atomic E-state index is 12.6. The number of H-pyrrole nitrogens is 1. The molecule has 3 amide bonds. The monoisotopic (exact) mass is 466 g/mol. The number of aryl methyl sites for hydroxylation is 1. The number of aromatic nitrogens is 3. The molecular weight excluding hydrogens is 440 g/mol. The summed E-state index contributed by atoms with van der Waals surface area (Å²) < 4.78 is 10.8. The average Bonchev–Trinajstić information content (AvgIpc) is 3.39. The number of ether oxygens (including phenoxy) is 1. The van der Waals surface area contributed by atoms with E-state index < -0.39 is 17.6 Å². The molecule has 2 aromatic heterocycles. The van der Waals surface area contributed by atoms with Crippen LogP contribution in [0.1, 0.15) is 59.7 Å². The highest BCUT2D eigenvalue weighted by Crippen LogP contribution is 2.22. The van der Waals surface area contributed by atoms with E-state index in [0.717, 1.165) is 12.0 Å². The van der Waals surface area contributed by atoms with Gasteiger partial charge >= 0.3 is 6.09 Å². The summed E-state index contributed by atoms with van der Waals surface area (Å²) >= 11 is 0. The number of fused-ring (bicyclic) bond motifs is 1. The Morgan fingerprint density at radius 2 is 1.97 bits per heavy atom. The van der Waals surface area contributed by atoms with Gasteiger partial charge in [-0.05, 0) is 51.5 Å². The summed E-state index contributed by atoms with van der Waals surface area (Å²) in [6, 6.07) is 8.41. The Morgan fingerprint density at radius 3 is 2.71 bits per heavy atom. The van der Waals surface area contributed by atoms with Gasteiger partial charge in [-0.15, -0.1) is 0 Å². The lowest BCUT2D eigenvalue weighted by Crippen LogP contribution is -2.32. The van der Waals surface area contributed by atoms with Crippen LogP contribution in [-0.4, -0.2) is 45.2 Å². The third kappa shape index (κ3) is 5.61. The molecule has 11 nitrogen and oxygen atoms in total. The number of amides is 3. The summed E-state index contributed by atoms with van der Waals surface area (Å²) in [5.41, 5.74) is 1.09. The van der Waals surface area contributed by atoms with Gasteiger partial charge in [0.2, 0.25) is 0 Å². The van der Waals surface area contributed by atoms with Gasteiger partial charge in [-0.2, -0.15) is 5.10 Å². The van der Waals surface area contributed by atoms with Crippen LogP contribution in [0.15, 0.2) is 34.7 Å². The van der Waals surface area contributed by atoms with E-state index in [4.69, 9.17) is 9.15 Å². The first-order valence-electron chi connectivity index (χ1n) is 10.9. The number of furan rings is 1. The third-order valence-electron chi connectivity index (χ3n) is 4.88. The number of aromatic amines is 1. The van der Waals surface area contributed by atoms with Crippen LogP contribution < -0.4 is 16.0 Å². The SMILES string of the molecule is CC(C)(C)OC(=O)NCc1nc(-c2ccc(NC(=O)c3cc4c(o3)CCCNC4=O)cc2)n[nH]1. The largest absolute Gasteiger partial charge is 0.455 e. The molecule has 34 heavy (non-hydrogen) atoms. The average molecular weight is 466 g/mol. The summed E-state index contributed by atoms with van der Waals surface area (Å²) in [5, 5.41) is 15.1. The Labute approximate surface area is 195 Å². The minimum Gasteiger partial charge on any atom is -0.455 e. The van der Waals surface area contributed by atoms with Crippen molar-refractivity contribution in [3.63, 3.8) is 0 Å². The molecule has 0 radical (unpaired) electrons. The van der Waals surface area contributed by atoms with E-state index in [0.29, 0.717) is 41.6 Å². The molecule has 0 spiro atoms. The second kappa shape index (κ2) is 9.38. The fraction of sp³-hybridized carbons (Fsp3) is 0.348. The van der Waals surface area contributed by atoms with Gasteiger partial charge in [0.05, 0.1) is 12.1 Å². The second-order valence-corrected chi connectivity index (χ2v) is 8.80. The molecule has 0 fully saturated rings. The van der Waals surface area contributed by atoms with Crippen molar-refractivity contribution in [2.75, 3.05) is 11.9 Å². The second-order valence-electron chi connectivity index (χ2n) is 8.80. The van der Waals surface area contributed by atoms with Crippen LogP contribution in [0.3, 0.4) is 0 Å². The molecule has 4 rings (SSSR count). The number of carbonyl (C=O) groups is 3. The topological polar surface area (TPSA) is 151 Å². The third-order valence-corrected chi connectivity index (χ3v) is 4.88. The predicted octanol–water partition coefficient (Wildman–Crippen LogP) is 3.02. The highest BCUT2D eigenvalue weighted by molar-refractivity contribution is 6.05. The summed E-state index contributed by atoms with van der Waals surface area (Å²) in [4.78, 5) is 40.8. The van der Waals surface area contributed by atoms with Gasteiger partial charge in [-0.3, -0.25) is 14.7 Å². The molecule has 1 aliphatic rings. The van der Waals surface area contributed by atoms with Gasteiger partial charge in [0, 0.05) is 30.3 Å². The Kier molecular flexibility index (Phi) is 6.35. The van der Waals surface area contributed by atoms with Gasteiger partial charge in [0.15, 0.2) is 11.6 Å². The van der Waals surface area contributed by atoms with Gasteiger partial charge in [0.1, 0.15) is 17.2 Å². The summed E-state index contributed by atoms with van der Waals surface area (Å²) in [7, 11) is 0. The number of hydrogen-bond acceptors (Lipinski definition) is 7. The maximum absolute atomic E-state index is 12.6. The quantitative estimate of drug-likeness (QED) is 0.451. The van der Waals surface area contributed by atoms with Crippen LogP contribution in [0.4, 0.5) is 10.5 Å². The molecule has 3 heterocycles. The molecule has 1 aromatic carbocycles. The highest BCUT2D eigenvalue weighted by Gasteiger charge is 2.23. The van der Waals surface area contributed by atoms with Crippen LogP contribution in [0.25, 0.3) is 11.4 Å². The van der Waals surface area contributed by atoms with Crippen LogP contribution in [-0.2, 0) is 17.7 Å². The van der Waals surface area contributed by atoms with Crippen molar-refractivity contribution in [2.24, 2.45) is 0 Å². The normalized spacial score (nSPS) is 13.4. The molecule has 0 bridgehead atoms. The van der Waals surface area contributed by atoms with Gasteiger partial charge in [-0.1, -0.05) is 0 Å².